The van der Waals surface area contributed by atoms with Gasteiger partial charge in [-0.15, -0.1) is 11.3 Å². The topological polar surface area (TPSA) is 84.2 Å². The normalized spacial score (nSPS) is 19.0. The average molecular weight is 544 g/mol. The number of anilines is 1. The summed E-state index contributed by atoms with van der Waals surface area (Å²) in [6.45, 7) is 4.68. The Morgan fingerprint density at radius 3 is 2.62 bits per heavy atom. The lowest BCUT2D eigenvalue weighted by Gasteiger charge is -2.30. The number of hydrogen-bond acceptors (Lipinski definition) is 7. The van der Waals surface area contributed by atoms with Gasteiger partial charge in [0.15, 0.2) is 11.8 Å². The maximum Gasteiger partial charge on any atom is 0.295 e. The summed E-state index contributed by atoms with van der Waals surface area (Å²) < 4.78 is 17.1. The number of nitrogens with zero attached hydrogens (tertiary/aromatic N) is 2. The van der Waals surface area contributed by atoms with Crippen LogP contribution in [0.15, 0.2) is 58.3 Å². The third-order valence-electron chi connectivity index (χ3n) is 6.53. The minimum absolute atomic E-state index is 0.0135. The largest absolute Gasteiger partial charge is 0.455 e. The Hall–Kier alpha value is -2.69. The zero-order valence-corrected chi connectivity index (χ0v) is 22.0. The highest BCUT2D eigenvalue weighted by Gasteiger charge is 2.36. The van der Waals surface area contributed by atoms with Crippen molar-refractivity contribution < 1.29 is 23.5 Å². The number of amides is 2. The molecule has 1 N–H and O–H groups in total. The zero-order chi connectivity index (χ0) is 25.6. The maximum absolute atomic E-state index is 14.0. The van der Waals surface area contributed by atoms with Crippen molar-refractivity contribution in [1.29, 1.82) is 0 Å². The highest BCUT2D eigenvalue weighted by Crippen LogP contribution is 2.33. The quantitative estimate of drug-likeness (QED) is 0.427. The molecule has 3 aromatic rings. The SMILES string of the molecule is O=C(NC[C@@H]1CCCO1)[C@@H](c1cccs1)N(C(=O)c1ccc(CN2CCOCC2)o1)c1ccc(Cl)cc1. The lowest BCUT2D eigenvalue weighted by atomic mass is 10.1. The number of carbonyl (C=O) groups excluding carboxylic acids is 2. The first kappa shape index (κ1) is 25.9. The summed E-state index contributed by atoms with van der Waals surface area (Å²) >= 11 is 7.57. The molecule has 8 nitrogen and oxygen atoms in total. The van der Waals surface area contributed by atoms with E-state index in [0.29, 0.717) is 49.4 Å². The fourth-order valence-corrected chi connectivity index (χ4v) is 5.54. The fourth-order valence-electron chi connectivity index (χ4n) is 4.60. The number of carbonyl (C=O) groups is 2. The molecule has 5 rings (SSSR count). The van der Waals surface area contributed by atoms with Crippen LogP contribution in [0.4, 0.5) is 5.69 Å². The Balaban J connectivity index is 1.44. The van der Waals surface area contributed by atoms with Gasteiger partial charge >= 0.3 is 0 Å². The zero-order valence-electron chi connectivity index (χ0n) is 20.4. The number of ether oxygens (including phenoxy) is 2. The molecule has 0 unspecified atom stereocenters. The lowest BCUT2D eigenvalue weighted by Crippen LogP contribution is -2.45. The molecule has 10 heteroatoms. The third kappa shape index (κ3) is 6.42. The summed E-state index contributed by atoms with van der Waals surface area (Å²) in [6.07, 6.45) is 1.87. The second-order valence-corrected chi connectivity index (χ2v) is 10.5. The number of rotatable bonds is 9. The molecule has 2 aliphatic heterocycles. The van der Waals surface area contributed by atoms with E-state index >= 15 is 0 Å². The van der Waals surface area contributed by atoms with E-state index in [9.17, 15) is 9.59 Å². The van der Waals surface area contributed by atoms with E-state index in [2.05, 4.69) is 10.2 Å². The summed E-state index contributed by atoms with van der Waals surface area (Å²) in [5.41, 5.74) is 0.547. The Labute approximate surface area is 225 Å². The molecule has 196 valence electrons. The van der Waals surface area contributed by atoms with Gasteiger partial charge in [-0.3, -0.25) is 19.4 Å². The first-order chi connectivity index (χ1) is 18.1. The molecule has 37 heavy (non-hydrogen) atoms. The van der Waals surface area contributed by atoms with Crippen molar-refractivity contribution in [2.24, 2.45) is 0 Å². The number of halogens is 1. The molecule has 1 aromatic carbocycles. The predicted octanol–water partition coefficient (Wildman–Crippen LogP) is 4.51. The van der Waals surface area contributed by atoms with Crippen molar-refractivity contribution in [3.8, 4) is 0 Å². The molecule has 2 atom stereocenters. The van der Waals surface area contributed by atoms with E-state index < -0.39 is 11.9 Å². The van der Waals surface area contributed by atoms with Gasteiger partial charge in [0.05, 0.1) is 25.9 Å². The van der Waals surface area contributed by atoms with Gasteiger partial charge in [-0.1, -0.05) is 17.7 Å². The summed E-state index contributed by atoms with van der Waals surface area (Å²) in [5.74, 6) is 0.186. The highest BCUT2D eigenvalue weighted by atomic mass is 35.5. The molecule has 2 aromatic heterocycles. The molecule has 0 aliphatic carbocycles. The number of benzene rings is 1. The van der Waals surface area contributed by atoms with Crippen molar-refractivity contribution in [1.82, 2.24) is 10.2 Å². The third-order valence-corrected chi connectivity index (χ3v) is 7.70. The van der Waals surface area contributed by atoms with Gasteiger partial charge in [0.2, 0.25) is 5.91 Å². The van der Waals surface area contributed by atoms with Gasteiger partial charge in [0, 0.05) is 41.8 Å². The molecule has 0 bridgehead atoms. The Bertz CT molecular complexity index is 1170. The van der Waals surface area contributed by atoms with Crippen LogP contribution in [-0.4, -0.2) is 62.3 Å². The van der Waals surface area contributed by atoms with Crippen LogP contribution >= 0.6 is 22.9 Å². The second-order valence-electron chi connectivity index (χ2n) is 9.10. The number of thiophene rings is 1. The molecule has 0 spiro atoms. The molecular weight excluding hydrogens is 514 g/mol. The number of nitrogens with one attached hydrogen (secondary N) is 1. The maximum atomic E-state index is 14.0. The Morgan fingerprint density at radius 2 is 1.92 bits per heavy atom. The van der Waals surface area contributed by atoms with Gasteiger partial charge in [0.25, 0.3) is 5.91 Å². The van der Waals surface area contributed by atoms with Crippen LogP contribution in [0.1, 0.15) is 40.1 Å². The average Bonchev–Trinajstić information content (AvgIpc) is 3.70. The van der Waals surface area contributed by atoms with Crippen LogP contribution in [0.25, 0.3) is 0 Å². The van der Waals surface area contributed by atoms with Gasteiger partial charge in [-0.2, -0.15) is 0 Å². The monoisotopic (exact) mass is 543 g/mol. The smallest absolute Gasteiger partial charge is 0.295 e. The van der Waals surface area contributed by atoms with Crippen molar-refractivity contribution in [3.05, 3.63) is 75.3 Å². The van der Waals surface area contributed by atoms with Gasteiger partial charge in [-0.05, 0) is 60.7 Å². The van der Waals surface area contributed by atoms with E-state index in [1.54, 1.807) is 30.3 Å². The van der Waals surface area contributed by atoms with E-state index in [1.165, 1.54) is 16.2 Å². The summed E-state index contributed by atoms with van der Waals surface area (Å²) in [4.78, 5) is 32.1. The van der Waals surface area contributed by atoms with E-state index in [-0.39, 0.29) is 17.8 Å². The molecule has 2 fully saturated rings. The second kappa shape index (κ2) is 12.2. The van der Waals surface area contributed by atoms with Gasteiger partial charge in [-0.25, -0.2) is 0 Å². The van der Waals surface area contributed by atoms with Gasteiger partial charge in [0.1, 0.15) is 5.76 Å². The molecule has 2 amide bonds. The van der Waals surface area contributed by atoms with E-state index in [0.717, 1.165) is 30.8 Å². The fraction of sp³-hybridized carbons (Fsp3) is 0.407. The Kier molecular flexibility index (Phi) is 8.58. The van der Waals surface area contributed by atoms with Crippen molar-refractivity contribution >= 4 is 40.4 Å². The van der Waals surface area contributed by atoms with Crippen molar-refractivity contribution in [2.75, 3.05) is 44.4 Å². The summed E-state index contributed by atoms with van der Waals surface area (Å²) in [6, 6.07) is 13.2. The van der Waals surface area contributed by atoms with Crippen LogP contribution in [0.3, 0.4) is 0 Å². The molecular formula is C27H30ClN3O5S. The number of hydrogen-bond donors (Lipinski definition) is 1. The minimum atomic E-state index is -0.886. The number of furan rings is 1. The molecule has 4 heterocycles. The van der Waals surface area contributed by atoms with Gasteiger partial charge < -0.3 is 19.2 Å². The standard InChI is InChI=1S/C27H30ClN3O5S/c28-19-5-7-20(8-6-19)31(27(33)23-10-9-22(36-23)18-30-11-14-34-15-12-30)25(24-4-2-16-37-24)26(32)29-17-21-3-1-13-35-21/h2,4-10,16,21,25H,1,3,11-15,17-18H2,(H,29,32)/t21-,25+/m0/s1. The van der Waals surface area contributed by atoms with Crippen LogP contribution in [0.5, 0.6) is 0 Å². The molecule has 2 aliphatic rings. The van der Waals surface area contributed by atoms with Crippen LogP contribution in [-0.2, 0) is 20.8 Å². The summed E-state index contributed by atoms with van der Waals surface area (Å²) in [7, 11) is 0. The first-order valence-corrected chi connectivity index (χ1v) is 13.7. The summed E-state index contributed by atoms with van der Waals surface area (Å²) in [5, 5.41) is 5.45. The van der Waals surface area contributed by atoms with Crippen LogP contribution in [0, 0.1) is 0 Å². The molecule has 2 saturated heterocycles. The number of morpholine rings is 1. The van der Waals surface area contributed by atoms with E-state index in [4.69, 9.17) is 25.5 Å². The van der Waals surface area contributed by atoms with Crippen molar-refractivity contribution in [3.63, 3.8) is 0 Å². The van der Waals surface area contributed by atoms with Crippen molar-refractivity contribution in [2.45, 2.75) is 31.5 Å². The first-order valence-electron chi connectivity index (χ1n) is 12.5. The lowest BCUT2D eigenvalue weighted by molar-refractivity contribution is -0.122. The van der Waals surface area contributed by atoms with E-state index in [1.807, 2.05) is 23.6 Å². The highest BCUT2D eigenvalue weighted by molar-refractivity contribution is 7.10. The molecule has 0 radical (unpaired) electrons. The predicted molar refractivity (Wildman–Crippen MR) is 142 cm³/mol. The van der Waals surface area contributed by atoms with Crippen LogP contribution < -0.4 is 10.2 Å². The molecule has 0 saturated carbocycles. The minimum Gasteiger partial charge on any atom is -0.455 e. The van der Waals surface area contributed by atoms with Crippen LogP contribution in [0.2, 0.25) is 5.02 Å². The Morgan fingerprint density at radius 1 is 1.11 bits per heavy atom.